The molecule has 1 aromatic heterocycles. The molecule has 1 N–H and O–H groups in total. The van der Waals surface area contributed by atoms with Crippen LogP contribution in [0.4, 0.5) is 4.39 Å². The van der Waals surface area contributed by atoms with Gasteiger partial charge in [0.25, 0.3) is 5.91 Å². The van der Waals surface area contributed by atoms with Gasteiger partial charge in [-0.05, 0) is 26.2 Å². The van der Waals surface area contributed by atoms with E-state index in [1.165, 1.54) is 18.3 Å². The molecule has 7 heteroatoms. The number of hydrogen-bond acceptors (Lipinski definition) is 5. The minimum Gasteiger partial charge on any atom is -0.435 e. The van der Waals surface area contributed by atoms with Crippen LogP contribution in [-0.2, 0) is 0 Å². The van der Waals surface area contributed by atoms with Gasteiger partial charge in [-0.1, -0.05) is 42.5 Å². The Morgan fingerprint density at radius 3 is 2.54 bits per heavy atom. The lowest BCUT2D eigenvalue weighted by Gasteiger charge is -2.13. The SMILES string of the molecule is CN(C)CCNC(=O)c1cnc(-c2ccccc2)nc1Oc1ccccc1F. The van der Waals surface area contributed by atoms with E-state index < -0.39 is 5.82 Å². The molecule has 1 heterocycles. The molecule has 144 valence electrons. The van der Waals surface area contributed by atoms with Crippen LogP contribution in [0, 0.1) is 5.82 Å². The summed E-state index contributed by atoms with van der Waals surface area (Å²) in [5.41, 5.74) is 0.905. The fraction of sp³-hybridized carbons (Fsp3) is 0.190. The van der Waals surface area contributed by atoms with Gasteiger partial charge in [-0.15, -0.1) is 0 Å². The number of carbonyl (C=O) groups is 1. The Balaban J connectivity index is 1.94. The van der Waals surface area contributed by atoms with E-state index in [1.807, 2.05) is 49.3 Å². The van der Waals surface area contributed by atoms with Gasteiger partial charge < -0.3 is 15.0 Å². The number of hydrogen-bond donors (Lipinski definition) is 1. The summed E-state index contributed by atoms with van der Waals surface area (Å²) in [5.74, 6) is -0.546. The fourth-order valence-corrected chi connectivity index (χ4v) is 2.45. The summed E-state index contributed by atoms with van der Waals surface area (Å²) in [7, 11) is 3.83. The van der Waals surface area contributed by atoms with Gasteiger partial charge in [-0.25, -0.2) is 9.37 Å². The lowest BCUT2D eigenvalue weighted by molar-refractivity contribution is 0.0947. The van der Waals surface area contributed by atoms with Gasteiger partial charge in [0.15, 0.2) is 17.4 Å². The minimum absolute atomic E-state index is 0.00121. The number of halogens is 1. The lowest BCUT2D eigenvalue weighted by Crippen LogP contribution is -2.31. The molecule has 0 fully saturated rings. The van der Waals surface area contributed by atoms with Gasteiger partial charge in [0.2, 0.25) is 5.88 Å². The van der Waals surface area contributed by atoms with E-state index in [-0.39, 0.29) is 23.1 Å². The zero-order chi connectivity index (χ0) is 19.9. The summed E-state index contributed by atoms with van der Waals surface area (Å²) < 4.78 is 19.7. The van der Waals surface area contributed by atoms with Crippen molar-refractivity contribution in [3.05, 3.63) is 72.2 Å². The van der Waals surface area contributed by atoms with E-state index in [1.54, 1.807) is 12.1 Å². The molecule has 0 saturated heterocycles. The van der Waals surface area contributed by atoms with Crippen molar-refractivity contribution in [3.8, 4) is 23.0 Å². The molecule has 0 spiro atoms. The molecule has 0 radical (unpaired) electrons. The standard InChI is InChI=1S/C21H21FN4O2/c1-26(2)13-12-23-20(27)16-14-24-19(15-8-4-3-5-9-15)25-21(16)28-18-11-7-6-10-17(18)22/h3-11,14H,12-13H2,1-2H3,(H,23,27). The number of para-hydroxylation sites is 1. The first-order valence-corrected chi connectivity index (χ1v) is 8.82. The molecule has 0 aliphatic heterocycles. The number of carbonyl (C=O) groups excluding carboxylic acids is 1. The number of aromatic nitrogens is 2. The Morgan fingerprint density at radius 1 is 1.11 bits per heavy atom. The van der Waals surface area contributed by atoms with Crippen LogP contribution < -0.4 is 10.1 Å². The van der Waals surface area contributed by atoms with E-state index in [2.05, 4.69) is 15.3 Å². The number of nitrogens with zero attached hydrogens (tertiary/aromatic N) is 3. The van der Waals surface area contributed by atoms with Crippen LogP contribution in [0.25, 0.3) is 11.4 Å². The van der Waals surface area contributed by atoms with Crippen molar-refractivity contribution in [2.24, 2.45) is 0 Å². The van der Waals surface area contributed by atoms with Crippen molar-refractivity contribution in [1.82, 2.24) is 20.2 Å². The van der Waals surface area contributed by atoms with Crippen molar-refractivity contribution in [1.29, 1.82) is 0 Å². The van der Waals surface area contributed by atoms with E-state index in [9.17, 15) is 9.18 Å². The second-order valence-corrected chi connectivity index (χ2v) is 6.37. The predicted molar refractivity (Wildman–Crippen MR) is 105 cm³/mol. The molecule has 0 unspecified atom stereocenters. The van der Waals surface area contributed by atoms with Crippen molar-refractivity contribution in [2.75, 3.05) is 27.2 Å². The van der Waals surface area contributed by atoms with Crippen LogP contribution in [0.15, 0.2) is 60.8 Å². The molecule has 6 nitrogen and oxygen atoms in total. The quantitative estimate of drug-likeness (QED) is 0.681. The largest absolute Gasteiger partial charge is 0.435 e. The highest BCUT2D eigenvalue weighted by atomic mass is 19.1. The minimum atomic E-state index is -0.540. The van der Waals surface area contributed by atoms with E-state index in [0.29, 0.717) is 18.9 Å². The monoisotopic (exact) mass is 380 g/mol. The van der Waals surface area contributed by atoms with Gasteiger partial charge in [-0.2, -0.15) is 4.98 Å². The number of likely N-dealkylation sites (N-methyl/N-ethyl adjacent to an activating group) is 1. The highest BCUT2D eigenvalue weighted by Gasteiger charge is 2.18. The highest BCUT2D eigenvalue weighted by molar-refractivity contribution is 5.96. The summed E-state index contributed by atoms with van der Waals surface area (Å²) in [6.07, 6.45) is 1.40. The number of nitrogens with one attached hydrogen (secondary N) is 1. The summed E-state index contributed by atoms with van der Waals surface area (Å²) >= 11 is 0. The van der Waals surface area contributed by atoms with Crippen molar-refractivity contribution in [2.45, 2.75) is 0 Å². The second kappa shape index (κ2) is 9.05. The Bertz CT molecular complexity index is 948. The molecule has 0 saturated carbocycles. The number of amides is 1. The summed E-state index contributed by atoms with van der Waals surface area (Å²) in [5, 5.41) is 2.80. The molecule has 2 aromatic carbocycles. The smallest absolute Gasteiger partial charge is 0.258 e. The first-order valence-electron chi connectivity index (χ1n) is 8.82. The molecular formula is C21H21FN4O2. The summed E-state index contributed by atoms with van der Waals surface area (Å²) in [6, 6.07) is 15.3. The topological polar surface area (TPSA) is 67.4 Å². The fourth-order valence-electron chi connectivity index (χ4n) is 2.45. The normalized spacial score (nSPS) is 10.7. The highest BCUT2D eigenvalue weighted by Crippen LogP contribution is 2.27. The van der Waals surface area contributed by atoms with Crippen molar-refractivity contribution in [3.63, 3.8) is 0 Å². The predicted octanol–water partition coefficient (Wildman–Crippen LogP) is 3.37. The third-order valence-corrected chi connectivity index (χ3v) is 3.92. The first kappa shape index (κ1) is 19.4. The number of rotatable bonds is 7. The third-order valence-electron chi connectivity index (χ3n) is 3.92. The number of ether oxygens (including phenoxy) is 1. The maximum absolute atomic E-state index is 14.0. The Hall–Kier alpha value is -3.32. The summed E-state index contributed by atoms with van der Waals surface area (Å²) in [4.78, 5) is 23.2. The van der Waals surface area contributed by atoms with Crippen molar-refractivity contribution < 1.29 is 13.9 Å². The molecule has 0 atom stereocenters. The lowest BCUT2D eigenvalue weighted by atomic mass is 10.2. The molecular weight excluding hydrogens is 359 g/mol. The molecule has 28 heavy (non-hydrogen) atoms. The first-order chi connectivity index (χ1) is 13.5. The van der Waals surface area contributed by atoms with Crippen LogP contribution in [0.5, 0.6) is 11.6 Å². The zero-order valence-electron chi connectivity index (χ0n) is 15.7. The zero-order valence-corrected chi connectivity index (χ0v) is 15.7. The van der Waals surface area contributed by atoms with Crippen LogP contribution in [-0.4, -0.2) is 48.0 Å². The number of benzene rings is 2. The average molecular weight is 380 g/mol. The third kappa shape index (κ3) is 4.89. The summed E-state index contributed by atoms with van der Waals surface area (Å²) in [6.45, 7) is 1.13. The maximum atomic E-state index is 14.0. The molecule has 3 rings (SSSR count). The van der Waals surface area contributed by atoms with Gasteiger partial charge >= 0.3 is 0 Å². The van der Waals surface area contributed by atoms with Gasteiger partial charge in [-0.3, -0.25) is 4.79 Å². The van der Waals surface area contributed by atoms with Crippen molar-refractivity contribution >= 4 is 5.91 Å². The Kier molecular flexibility index (Phi) is 6.29. The van der Waals surface area contributed by atoms with E-state index in [0.717, 1.165) is 5.56 Å². The van der Waals surface area contributed by atoms with Gasteiger partial charge in [0, 0.05) is 24.8 Å². The Labute approximate surface area is 163 Å². The Morgan fingerprint density at radius 2 is 1.82 bits per heavy atom. The molecule has 0 bridgehead atoms. The van der Waals surface area contributed by atoms with Gasteiger partial charge in [0.1, 0.15) is 5.56 Å². The van der Waals surface area contributed by atoms with Crippen LogP contribution in [0.2, 0.25) is 0 Å². The molecule has 0 aliphatic rings. The second-order valence-electron chi connectivity index (χ2n) is 6.37. The van der Waals surface area contributed by atoms with E-state index in [4.69, 9.17) is 4.74 Å². The average Bonchev–Trinajstić information content (AvgIpc) is 2.70. The van der Waals surface area contributed by atoms with Crippen LogP contribution in [0.1, 0.15) is 10.4 Å². The van der Waals surface area contributed by atoms with E-state index >= 15 is 0 Å². The molecule has 0 aliphatic carbocycles. The molecule has 3 aromatic rings. The van der Waals surface area contributed by atoms with Crippen LogP contribution in [0.3, 0.4) is 0 Å². The maximum Gasteiger partial charge on any atom is 0.258 e. The van der Waals surface area contributed by atoms with Gasteiger partial charge in [0.05, 0.1) is 0 Å². The molecule has 1 amide bonds. The van der Waals surface area contributed by atoms with Crippen LogP contribution >= 0.6 is 0 Å².